The molecule has 0 aliphatic heterocycles. The first-order valence-corrected chi connectivity index (χ1v) is 6.91. The predicted molar refractivity (Wildman–Crippen MR) is 82.3 cm³/mol. The van der Waals surface area contributed by atoms with Gasteiger partial charge in [-0.2, -0.15) is 0 Å². The summed E-state index contributed by atoms with van der Waals surface area (Å²) >= 11 is 5.95. The molecule has 5 heteroatoms. The number of hydrogen-bond acceptors (Lipinski definition) is 3. The van der Waals surface area contributed by atoms with Gasteiger partial charge in [0.2, 0.25) is 0 Å². The van der Waals surface area contributed by atoms with Crippen LogP contribution in [-0.2, 0) is 6.42 Å². The van der Waals surface area contributed by atoms with Gasteiger partial charge in [0.15, 0.2) is 5.82 Å². The minimum Gasteiger partial charge on any atom is -0.364 e. The van der Waals surface area contributed by atoms with Gasteiger partial charge in [0.05, 0.1) is 6.33 Å². The third-order valence-corrected chi connectivity index (χ3v) is 3.49. The molecule has 0 bridgehead atoms. The van der Waals surface area contributed by atoms with Gasteiger partial charge < -0.3 is 10.3 Å². The number of rotatable bonds is 5. The highest BCUT2D eigenvalue weighted by Crippen LogP contribution is 2.22. The fraction of sp³-hybridized carbons (Fsp3) is 0.333. The lowest BCUT2D eigenvalue weighted by molar-refractivity contribution is 0.516. The van der Waals surface area contributed by atoms with Crippen LogP contribution in [-0.4, -0.2) is 15.5 Å². The molecule has 0 saturated carbocycles. The third-order valence-electron chi connectivity index (χ3n) is 3.13. The van der Waals surface area contributed by atoms with Crippen LogP contribution in [0.5, 0.6) is 0 Å². The molecule has 0 radical (unpaired) electrons. The Morgan fingerprint density at radius 2 is 2.00 bits per heavy atom. The molecule has 2 rings (SSSR count). The largest absolute Gasteiger partial charge is 0.364 e. The number of nitrogens with zero attached hydrogens (tertiary/aromatic N) is 1. The van der Waals surface area contributed by atoms with Crippen molar-refractivity contribution in [2.75, 3.05) is 5.32 Å². The zero-order chi connectivity index (χ0) is 14.6. The average Bonchev–Trinajstić information content (AvgIpc) is 2.43. The number of anilines is 1. The van der Waals surface area contributed by atoms with E-state index in [0.29, 0.717) is 5.82 Å². The Kier molecular flexibility index (Phi) is 4.45. The van der Waals surface area contributed by atoms with Crippen molar-refractivity contribution in [1.29, 1.82) is 0 Å². The van der Waals surface area contributed by atoms with E-state index in [1.807, 2.05) is 18.2 Å². The Morgan fingerprint density at radius 3 is 2.70 bits per heavy atom. The molecular formula is C15H18ClN3O. The summed E-state index contributed by atoms with van der Waals surface area (Å²) in [6.45, 7) is 4.13. The van der Waals surface area contributed by atoms with Gasteiger partial charge >= 0.3 is 0 Å². The number of halogens is 1. The number of hydrogen-bond donors (Lipinski definition) is 2. The van der Waals surface area contributed by atoms with Crippen molar-refractivity contribution in [2.24, 2.45) is 0 Å². The summed E-state index contributed by atoms with van der Waals surface area (Å²) in [5.74, 6) is 0.425. The maximum atomic E-state index is 11.4. The highest BCUT2D eigenvalue weighted by Gasteiger charge is 2.20. The molecular weight excluding hydrogens is 274 g/mol. The third kappa shape index (κ3) is 3.84. The highest BCUT2D eigenvalue weighted by molar-refractivity contribution is 6.32. The molecule has 106 valence electrons. The van der Waals surface area contributed by atoms with E-state index < -0.39 is 0 Å². The van der Waals surface area contributed by atoms with Gasteiger partial charge in [-0.1, -0.05) is 41.9 Å². The lowest BCUT2D eigenvalue weighted by Crippen LogP contribution is -2.32. The van der Waals surface area contributed by atoms with Gasteiger partial charge in [0, 0.05) is 5.54 Å². The van der Waals surface area contributed by atoms with E-state index in [4.69, 9.17) is 11.6 Å². The first kappa shape index (κ1) is 14.6. The second-order valence-corrected chi connectivity index (χ2v) is 5.77. The molecule has 0 aliphatic carbocycles. The number of aryl methyl sites for hydroxylation is 1. The van der Waals surface area contributed by atoms with Crippen molar-refractivity contribution < 1.29 is 0 Å². The van der Waals surface area contributed by atoms with Gasteiger partial charge in [-0.3, -0.25) is 4.79 Å². The lowest BCUT2D eigenvalue weighted by Gasteiger charge is -2.27. The molecule has 1 heterocycles. The van der Waals surface area contributed by atoms with Crippen LogP contribution in [0, 0.1) is 0 Å². The maximum absolute atomic E-state index is 11.4. The number of nitrogens with one attached hydrogen (secondary N) is 2. The molecule has 0 aliphatic rings. The van der Waals surface area contributed by atoms with Crippen molar-refractivity contribution in [2.45, 2.75) is 32.2 Å². The zero-order valence-corrected chi connectivity index (χ0v) is 12.4. The van der Waals surface area contributed by atoms with Crippen LogP contribution < -0.4 is 10.9 Å². The first-order chi connectivity index (χ1) is 9.48. The molecule has 0 fully saturated rings. The fourth-order valence-electron chi connectivity index (χ4n) is 1.95. The standard InChI is InChI=1S/C15H18ClN3O/c1-15(2,9-8-11-6-4-3-5-7-11)19-13-12(16)14(20)18-10-17-13/h3-7,10H,8-9H2,1-2H3,(H2,17,18,19,20). The predicted octanol–water partition coefficient (Wildman–Crippen LogP) is 3.25. The van der Waals surface area contributed by atoms with Crippen LogP contribution in [0.1, 0.15) is 25.8 Å². The zero-order valence-electron chi connectivity index (χ0n) is 11.6. The van der Waals surface area contributed by atoms with Crippen LogP contribution >= 0.6 is 11.6 Å². The summed E-state index contributed by atoms with van der Waals surface area (Å²) in [6.07, 6.45) is 3.20. The summed E-state index contributed by atoms with van der Waals surface area (Å²) in [7, 11) is 0. The number of benzene rings is 1. The molecule has 0 spiro atoms. The number of aromatic nitrogens is 2. The van der Waals surface area contributed by atoms with E-state index in [1.54, 1.807) is 0 Å². The Hall–Kier alpha value is -1.81. The quantitative estimate of drug-likeness (QED) is 0.889. The molecule has 2 aromatic rings. The minimum atomic E-state index is -0.331. The van der Waals surface area contributed by atoms with Gasteiger partial charge in [0.1, 0.15) is 5.02 Å². The summed E-state index contributed by atoms with van der Waals surface area (Å²) in [4.78, 5) is 18.0. The molecule has 1 aromatic carbocycles. The van der Waals surface area contributed by atoms with E-state index in [1.165, 1.54) is 11.9 Å². The van der Waals surface area contributed by atoms with Crippen molar-refractivity contribution >= 4 is 17.4 Å². The summed E-state index contributed by atoms with van der Waals surface area (Å²) in [6, 6.07) is 10.3. The normalized spacial score (nSPS) is 11.3. The SMILES string of the molecule is CC(C)(CCc1ccccc1)Nc1nc[nH]c(=O)c1Cl. The molecule has 4 nitrogen and oxygen atoms in total. The van der Waals surface area contributed by atoms with Crippen LogP contribution in [0.25, 0.3) is 0 Å². The lowest BCUT2D eigenvalue weighted by atomic mass is 9.95. The van der Waals surface area contributed by atoms with Gasteiger partial charge in [-0.25, -0.2) is 4.98 Å². The van der Waals surface area contributed by atoms with Crippen molar-refractivity contribution in [3.63, 3.8) is 0 Å². The molecule has 0 saturated heterocycles. The van der Waals surface area contributed by atoms with Crippen molar-refractivity contribution in [1.82, 2.24) is 9.97 Å². The van der Waals surface area contributed by atoms with E-state index in [9.17, 15) is 4.79 Å². The van der Waals surface area contributed by atoms with E-state index >= 15 is 0 Å². The van der Waals surface area contributed by atoms with Crippen LogP contribution in [0.15, 0.2) is 41.5 Å². The van der Waals surface area contributed by atoms with Gasteiger partial charge in [0.25, 0.3) is 5.56 Å². The Morgan fingerprint density at radius 1 is 1.30 bits per heavy atom. The summed E-state index contributed by atoms with van der Waals surface area (Å²) in [5, 5.41) is 3.33. The number of aromatic amines is 1. The first-order valence-electron chi connectivity index (χ1n) is 6.53. The topological polar surface area (TPSA) is 57.8 Å². The molecule has 20 heavy (non-hydrogen) atoms. The Bertz CT molecular complexity index is 623. The molecule has 1 aromatic heterocycles. The van der Waals surface area contributed by atoms with Crippen LogP contribution in [0.2, 0.25) is 5.02 Å². The summed E-state index contributed by atoms with van der Waals surface area (Å²) < 4.78 is 0. The van der Waals surface area contributed by atoms with Gasteiger partial charge in [-0.05, 0) is 32.3 Å². The summed E-state index contributed by atoms with van der Waals surface area (Å²) in [5.41, 5.74) is 0.746. The molecule has 0 atom stereocenters. The van der Waals surface area contributed by atoms with Crippen LogP contribution in [0.3, 0.4) is 0 Å². The van der Waals surface area contributed by atoms with Crippen LogP contribution in [0.4, 0.5) is 5.82 Å². The van der Waals surface area contributed by atoms with E-state index in [-0.39, 0.29) is 16.1 Å². The smallest absolute Gasteiger partial charge is 0.271 e. The number of H-pyrrole nitrogens is 1. The Balaban J connectivity index is 2.04. The van der Waals surface area contributed by atoms with Crippen molar-refractivity contribution in [3.8, 4) is 0 Å². The Labute approximate surface area is 123 Å². The fourth-order valence-corrected chi connectivity index (χ4v) is 2.11. The highest BCUT2D eigenvalue weighted by atomic mass is 35.5. The van der Waals surface area contributed by atoms with Gasteiger partial charge in [-0.15, -0.1) is 0 Å². The van der Waals surface area contributed by atoms with Crippen molar-refractivity contribution in [3.05, 3.63) is 57.6 Å². The average molecular weight is 292 g/mol. The second-order valence-electron chi connectivity index (χ2n) is 5.39. The molecule has 0 amide bonds. The molecule has 0 unspecified atom stereocenters. The minimum absolute atomic E-state index is 0.0975. The monoisotopic (exact) mass is 291 g/mol. The van der Waals surface area contributed by atoms with E-state index in [2.05, 4.69) is 41.3 Å². The van der Waals surface area contributed by atoms with E-state index in [0.717, 1.165) is 12.8 Å². The second kappa shape index (κ2) is 6.09. The molecule has 2 N–H and O–H groups in total. The maximum Gasteiger partial charge on any atom is 0.271 e.